The highest BCUT2D eigenvalue weighted by molar-refractivity contribution is 6.42. The molecular formula is C16H17Cl2N3O3. The average molecular weight is 370 g/mol. The predicted molar refractivity (Wildman–Crippen MR) is 91.5 cm³/mol. The molecule has 1 aromatic carbocycles. The molecule has 2 N–H and O–H groups in total. The van der Waals surface area contributed by atoms with Crippen LogP contribution in [0.25, 0.3) is 0 Å². The first-order chi connectivity index (χ1) is 11.4. The number of hydrogen-bond donors (Lipinski definition) is 2. The summed E-state index contributed by atoms with van der Waals surface area (Å²) >= 11 is 11.7. The van der Waals surface area contributed by atoms with Gasteiger partial charge in [0.1, 0.15) is 5.76 Å². The van der Waals surface area contributed by atoms with Crippen LogP contribution >= 0.6 is 23.2 Å². The first-order valence-corrected chi connectivity index (χ1v) is 8.05. The lowest BCUT2D eigenvalue weighted by molar-refractivity contribution is -0.120. The first-order valence-electron chi connectivity index (χ1n) is 7.30. The quantitative estimate of drug-likeness (QED) is 0.766. The van der Waals surface area contributed by atoms with Gasteiger partial charge in [-0.05, 0) is 32.0 Å². The molecule has 0 radical (unpaired) electrons. The van der Waals surface area contributed by atoms with Crippen LogP contribution in [0, 0.1) is 13.8 Å². The van der Waals surface area contributed by atoms with Crippen LogP contribution in [0.1, 0.15) is 27.4 Å². The zero-order valence-electron chi connectivity index (χ0n) is 13.3. The van der Waals surface area contributed by atoms with Gasteiger partial charge in [0.15, 0.2) is 0 Å². The fourth-order valence-corrected chi connectivity index (χ4v) is 2.39. The Balaban J connectivity index is 1.75. The SMILES string of the molecule is Cc1noc(C)c1CC(=O)NCCNC(=O)c1ccc(Cl)c(Cl)c1. The molecule has 2 aromatic rings. The molecule has 0 unspecified atom stereocenters. The highest BCUT2D eigenvalue weighted by Gasteiger charge is 2.13. The van der Waals surface area contributed by atoms with Gasteiger partial charge in [0, 0.05) is 24.2 Å². The number of halogens is 2. The molecule has 0 aliphatic rings. The Hall–Kier alpha value is -2.05. The van der Waals surface area contributed by atoms with E-state index in [9.17, 15) is 9.59 Å². The summed E-state index contributed by atoms with van der Waals surface area (Å²) in [7, 11) is 0. The molecule has 8 heteroatoms. The van der Waals surface area contributed by atoms with E-state index in [2.05, 4.69) is 15.8 Å². The van der Waals surface area contributed by atoms with Gasteiger partial charge in [0.05, 0.1) is 22.2 Å². The molecule has 0 spiro atoms. The van der Waals surface area contributed by atoms with Gasteiger partial charge in [0.2, 0.25) is 5.91 Å². The van der Waals surface area contributed by atoms with Crippen molar-refractivity contribution in [3.63, 3.8) is 0 Å². The molecule has 1 aromatic heterocycles. The number of carbonyl (C=O) groups is 2. The van der Waals surface area contributed by atoms with Crippen molar-refractivity contribution in [1.29, 1.82) is 0 Å². The highest BCUT2D eigenvalue weighted by atomic mass is 35.5. The minimum absolute atomic E-state index is 0.159. The normalized spacial score (nSPS) is 10.5. The van der Waals surface area contributed by atoms with Crippen molar-refractivity contribution in [3.05, 3.63) is 50.8 Å². The Morgan fingerprint density at radius 1 is 1.12 bits per heavy atom. The topological polar surface area (TPSA) is 84.2 Å². The maximum Gasteiger partial charge on any atom is 0.251 e. The van der Waals surface area contributed by atoms with Crippen LogP contribution in [0.15, 0.2) is 22.7 Å². The largest absolute Gasteiger partial charge is 0.361 e. The minimum atomic E-state index is -0.284. The van der Waals surface area contributed by atoms with Gasteiger partial charge in [-0.1, -0.05) is 28.4 Å². The number of amides is 2. The number of benzene rings is 1. The number of nitrogens with zero attached hydrogens (tertiary/aromatic N) is 1. The Labute approximate surface area is 149 Å². The Morgan fingerprint density at radius 2 is 1.83 bits per heavy atom. The van der Waals surface area contributed by atoms with Crippen molar-refractivity contribution in [2.24, 2.45) is 0 Å². The summed E-state index contributed by atoms with van der Waals surface area (Å²) in [6, 6.07) is 4.64. The van der Waals surface area contributed by atoms with Crippen LogP contribution in [0.2, 0.25) is 10.0 Å². The molecule has 24 heavy (non-hydrogen) atoms. The maximum absolute atomic E-state index is 12.0. The van der Waals surface area contributed by atoms with Gasteiger partial charge in [-0.25, -0.2) is 0 Å². The van der Waals surface area contributed by atoms with Crippen LogP contribution in [0.5, 0.6) is 0 Å². The summed E-state index contributed by atoms with van der Waals surface area (Å²) in [5.74, 6) is 0.192. The molecule has 2 rings (SSSR count). The lowest BCUT2D eigenvalue weighted by Gasteiger charge is -2.08. The van der Waals surface area contributed by atoms with E-state index in [1.807, 2.05) is 0 Å². The summed E-state index contributed by atoms with van der Waals surface area (Å²) in [5, 5.41) is 9.94. The van der Waals surface area contributed by atoms with Crippen molar-refractivity contribution in [2.45, 2.75) is 20.3 Å². The maximum atomic E-state index is 12.0. The number of aromatic nitrogens is 1. The second-order valence-electron chi connectivity index (χ2n) is 5.21. The fourth-order valence-electron chi connectivity index (χ4n) is 2.09. The molecule has 0 atom stereocenters. The molecule has 0 saturated heterocycles. The standard InChI is InChI=1S/C16H17Cl2N3O3/c1-9-12(10(2)24-21-9)8-15(22)19-5-6-20-16(23)11-3-4-13(17)14(18)7-11/h3-4,7H,5-6,8H2,1-2H3,(H,19,22)(H,20,23). The molecule has 1 heterocycles. The van der Waals surface area contributed by atoms with E-state index in [0.717, 1.165) is 5.56 Å². The van der Waals surface area contributed by atoms with E-state index < -0.39 is 0 Å². The number of nitrogens with one attached hydrogen (secondary N) is 2. The van der Waals surface area contributed by atoms with E-state index in [0.29, 0.717) is 40.2 Å². The number of rotatable bonds is 6. The van der Waals surface area contributed by atoms with Crippen LogP contribution in [-0.2, 0) is 11.2 Å². The zero-order chi connectivity index (χ0) is 17.7. The molecule has 2 amide bonds. The van der Waals surface area contributed by atoms with E-state index in [-0.39, 0.29) is 18.2 Å². The van der Waals surface area contributed by atoms with Crippen molar-refractivity contribution in [3.8, 4) is 0 Å². The van der Waals surface area contributed by atoms with Gasteiger partial charge in [-0.3, -0.25) is 9.59 Å². The Bertz CT molecular complexity index is 740. The van der Waals surface area contributed by atoms with E-state index in [1.165, 1.54) is 6.07 Å². The molecular weight excluding hydrogens is 353 g/mol. The van der Waals surface area contributed by atoms with Gasteiger partial charge >= 0.3 is 0 Å². The second-order valence-corrected chi connectivity index (χ2v) is 6.03. The van der Waals surface area contributed by atoms with Gasteiger partial charge in [0.25, 0.3) is 5.91 Å². The van der Waals surface area contributed by atoms with Crippen molar-refractivity contribution in [2.75, 3.05) is 13.1 Å². The van der Waals surface area contributed by atoms with Crippen LogP contribution < -0.4 is 10.6 Å². The molecule has 0 saturated carbocycles. The summed E-state index contributed by atoms with van der Waals surface area (Å²) < 4.78 is 5.01. The molecule has 0 bridgehead atoms. The number of hydrogen-bond acceptors (Lipinski definition) is 4. The van der Waals surface area contributed by atoms with Gasteiger partial charge < -0.3 is 15.2 Å². The minimum Gasteiger partial charge on any atom is -0.361 e. The van der Waals surface area contributed by atoms with Crippen LogP contribution in [0.4, 0.5) is 0 Å². The van der Waals surface area contributed by atoms with Crippen molar-refractivity contribution in [1.82, 2.24) is 15.8 Å². The molecule has 0 aliphatic heterocycles. The predicted octanol–water partition coefficient (Wildman–Crippen LogP) is 2.69. The number of carbonyl (C=O) groups excluding carboxylic acids is 2. The van der Waals surface area contributed by atoms with E-state index in [1.54, 1.807) is 26.0 Å². The smallest absolute Gasteiger partial charge is 0.251 e. The van der Waals surface area contributed by atoms with Crippen molar-refractivity contribution < 1.29 is 14.1 Å². The third kappa shape index (κ3) is 4.72. The summed E-state index contributed by atoms with van der Waals surface area (Å²) in [4.78, 5) is 23.8. The van der Waals surface area contributed by atoms with E-state index >= 15 is 0 Å². The molecule has 6 nitrogen and oxygen atoms in total. The monoisotopic (exact) mass is 369 g/mol. The van der Waals surface area contributed by atoms with Crippen molar-refractivity contribution >= 4 is 35.0 Å². The summed E-state index contributed by atoms with van der Waals surface area (Å²) in [6.45, 7) is 4.17. The summed E-state index contributed by atoms with van der Waals surface area (Å²) in [5.41, 5.74) is 1.90. The lowest BCUT2D eigenvalue weighted by Crippen LogP contribution is -2.35. The van der Waals surface area contributed by atoms with Crippen LogP contribution in [0.3, 0.4) is 0 Å². The lowest BCUT2D eigenvalue weighted by atomic mass is 10.1. The average Bonchev–Trinajstić information content (AvgIpc) is 2.86. The highest BCUT2D eigenvalue weighted by Crippen LogP contribution is 2.22. The fraction of sp³-hybridized carbons (Fsp3) is 0.312. The second kappa shape index (κ2) is 8.17. The first kappa shape index (κ1) is 18.3. The molecule has 0 aliphatic carbocycles. The van der Waals surface area contributed by atoms with Gasteiger partial charge in [-0.2, -0.15) is 0 Å². The molecule has 0 fully saturated rings. The van der Waals surface area contributed by atoms with Crippen LogP contribution in [-0.4, -0.2) is 30.1 Å². The Morgan fingerprint density at radius 3 is 2.46 bits per heavy atom. The third-order valence-corrected chi connectivity index (χ3v) is 4.17. The Kier molecular flexibility index (Phi) is 6.23. The zero-order valence-corrected chi connectivity index (χ0v) is 14.8. The van der Waals surface area contributed by atoms with E-state index in [4.69, 9.17) is 27.7 Å². The number of aryl methyl sites for hydroxylation is 2. The summed E-state index contributed by atoms with van der Waals surface area (Å²) in [6.07, 6.45) is 0.196. The third-order valence-electron chi connectivity index (χ3n) is 3.43. The van der Waals surface area contributed by atoms with Gasteiger partial charge in [-0.15, -0.1) is 0 Å². The molecule has 128 valence electrons.